The minimum absolute atomic E-state index is 0.0338. The normalized spacial score (nSPS) is 25.3. The highest BCUT2D eigenvalue weighted by Crippen LogP contribution is 2.47. The van der Waals surface area contributed by atoms with Crippen molar-refractivity contribution in [2.75, 3.05) is 11.9 Å². The number of anilines is 1. The molecule has 1 aromatic heterocycles. The second kappa shape index (κ2) is 10.6. The maximum atomic E-state index is 12.6. The molecule has 3 heterocycles. The number of nitrogens with zero attached hydrogens (tertiary/aromatic N) is 1. The first-order chi connectivity index (χ1) is 17.1. The van der Waals surface area contributed by atoms with E-state index in [4.69, 9.17) is 9.47 Å². The Kier molecular flexibility index (Phi) is 7.15. The van der Waals surface area contributed by atoms with E-state index in [1.807, 2.05) is 30.3 Å². The van der Waals surface area contributed by atoms with E-state index in [0.29, 0.717) is 18.7 Å². The van der Waals surface area contributed by atoms with Crippen molar-refractivity contribution in [3.63, 3.8) is 0 Å². The number of benzene rings is 1. The minimum Gasteiger partial charge on any atom is -0.487 e. The van der Waals surface area contributed by atoms with Gasteiger partial charge in [0.05, 0.1) is 19.1 Å². The molecule has 4 N–H and O–H groups in total. The molecule has 1 saturated carbocycles. The molecule has 1 aliphatic carbocycles. The molecule has 9 nitrogen and oxygen atoms in total. The number of urea groups is 1. The number of nitrogens with one attached hydrogen (secondary N) is 3. The first-order valence-electron chi connectivity index (χ1n) is 12.4. The number of aliphatic hydroxyl groups excluding tert-OH is 1. The molecule has 2 fully saturated rings. The van der Waals surface area contributed by atoms with Crippen molar-refractivity contribution in [1.82, 2.24) is 15.6 Å². The van der Waals surface area contributed by atoms with Crippen LogP contribution in [-0.2, 0) is 16.1 Å². The van der Waals surface area contributed by atoms with Crippen LogP contribution in [0.25, 0.3) is 0 Å². The van der Waals surface area contributed by atoms with E-state index in [0.717, 1.165) is 42.6 Å². The number of hydrogen-bond acceptors (Lipinski definition) is 6. The van der Waals surface area contributed by atoms with Gasteiger partial charge in [0.2, 0.25) is 5.91 Å². The second-order valence-electron chi connectivity index (χ2n) is 9.57. The third-order valence-corrected chi connectivity index (χ3v) is 7.10. The summed E-state index contributed by atoms with van der Waals surface area (Å²) in [4.78, 5) is 29.0. The number of hydrogen-bond donors (Lipinski definition) is 4. The number of rotatable bonds is 7. The quantitative estimate of drug-likeness (QED) is 0.484. The number of aromatic nitrogens is 1. The molecule has 0 radical (unpaired) electrons. The fourth-order valence-electron chi connectivity index (χ4n) is 5.37. The fraction of sp³-hybridized carbons (Fsp3) is 0.500. The molecule has 1 aromatic carbocycles. The number of pyridine rings is 1. The predicted octanol–water partition coefficient (Wildman–Crippen LogP) is 2.85. The second-order valence-corrected chi connectivity index (χ2v) is 9.57. The molecule has 35 heavy (non-hydrogen) atoms. The molecule has 0 spiro atoms. The van der Waals surface area contributed by atoms with Crippen molar-refractivity contribution < 1.29 is 24.2 Å². The van der Waals surface area contributed by atoms with Crippen molar-refractivity contribution in [3.8, 4) is 5.75 Å². The van der Waals surface area contributed by atoms with Gasteiger partial charge in [-0.3, -0.25) is 9.78 Å². The number of carbonyl (C=O) groups is 2. The van der Waals surface area contributed by atoms with Crippen LogP contribution in [0, 0.1) is 0 Å². The van der Waals surface area contributed by atoms with Crippen LogP contribution in [-0.4, -0.2) is 53.0 Å². The van der Waals surface area contributed by atoms with Crippen LogP contribution in [0.4, 0.5) is 10.5 Å². The lowest BCUT2D eigenvalue weighted by Gasteiger charge is -2.37. The van der Waals surface area contributed by atoms with E-state index in [-0.39, 0.29) is 49.1 Å². The summed E-state index contributed by atoms with van der Waals surface area (Å²) in [5.74, 6) is 0.584. The van der Waals surface area contributed by atoms with Crippen LogP contribution in [0.1, 0.15) is 55.6 Å². The van der Waals surface area contributed by atoms with Gasteiger partial charge in [0.15, 0.2) is 0 Å². The Balaban J connectivity index is 1.22. The van der Waals surface area contributed by atoms with Gasteiger partial charge in [-0.1, -0.05) is 12.8 Å². The van der Waals surface area contributed by atoms with Crippen LogP contribution in [0.2, 0.25) is 0 Å². The molecule has 3 amide bonds. The molecular weight excluding hydrogens is 448 g/mol. The first-order valence-corrected chi connectivity index (χ1v) is 12.4. The molecule has 0 unspecified atom stereocenters. The van der Waals surface area contributed by atoms with Crippen molar-refractivity contribution >= 4 is 17.6 Å². The molecule has 3 aliphatic rings. The summed E-state index contributed by atoms with van der Waals surface area (Å²) in [5.41, 5.74) is 2.64. The number of aliphatic hydroxyl groups is 1. The summed E-state index contributed by atoms with van der Waals surface area (Å²) in [7, 11) is 0. The predicted molar refractivity (Wildman–Crippen MR) is 129 cm³/mol. The van der Waals surface area contributed by atoms with Gasteiger partial charge in [0.25, 0.3) is 0 Å². The van der Waals surface area contributed by atoms with Crippen LogP contribution in [0.5, 0.6) is 5.75 Å². The van der Waals surface area contributed by atoms with Gasteiger partial charge in [-0.15, -0.1) is 0 Å². The summed E-state index contributed by atoms with van der Waals surface area (Å²) in [6.45, 7) is 0.229. The van der Waals surface area contributed by atoms with Crippen molar-refractivity contribution in [1.29, 1.82) is 0 Å². The van der Waals surface area contributed by atoms with Crippen LogP contribution in [0.3, 0.4) is 0 Å². The molecule has 186 valence electrons. The van der Waals surface area contributed by atoms with Crippen molar-refractivity contribution in [3.05, 3.63) is 53.9 Å². The molecule has 5 rings (SSSR count). The lowest BCUT2D eigenvalue weighted by molar-refractivity contribution is -0.142. The molecule has 9 heteroatoms. The van der Waals surface area contributed by atoms with Gasteiger partial charge in [0.1, 0.15) is 18.0 Å². The van der Waals surface area contributed by atoms with Crippen LogP contribution < -0.4 is 20.7 Å². The molecule has 4 atom stereocenters. The standard InChI is InChI=1S/C26H32N4O5/c31-15-23-25-21(12-19(34-23)13-24(32)28-14-16-7-9-27-10-8-16)20-11-18(5-6-22(20)35-25)30-26(33)29-17-3-1-2-4-17/h5-11,17,19,21,23,25,31H,1-4,12-15H2,(H,28,32)(H2,29,30,33)/t19-,21+,23-,25-/m1/s1. The van der Waals surface area contributed by atoms with Crippen molar-refractivity contribution in [2.45, 2.75) is 75.3 Å². The highest BCUT2D eigenvalue weighted by Gasteiger charge is 2.46. The maximum Gasteiger partial charge on any atom is 0.319 e. The Bertz CT molecular complexity index is 1040. The van der Waals surface area contributed by atoms with Gasteiger partial charge in [0, 0.05) is 42.1 Å². The summed E-state index contributed by atoms with van der Waals surface area (Å²) >= 11 is 0. The Labute approximate surface area is 204 Å². The average molecular weight is 481 g/mol. The third-order valence-electron chi connectivity index (χ3n) is 7.10. The summed E-state index contributed by atoms with van der Waals surface area (Å²) < 4.78 is 12.2. The Hall–Kier alpha value is -3.17. The molecule has 1 saturated heterocycles. The highest BCUT2D eigenvalue weighted by atomic mass is 16.6. The summed E-state index contributed by atoms with van der Waals surface area (Å²) in [6.07, 6.45) is 7.33. The molecule has 2 aliphatic heterocycles. The van der Waals surface area contributed by atoms with Crippen LogP contribution in [0.15, 0.2) is 42.7 Å². The van der Waals surface area contributed by atoms with Gasteiger partial charge in [-0.2, -0.15) is 0 Å². The topological polar surface area (TPSA) is 122 Å². The minimum atomic E-state index is -0.527. The zero-order valence-electron chi connectivity index (χ0n) is 19.6. The van der Waals surface area contributed by atoms with Gasteiger partial charge < -0.3 is 30.5 Å². The van der Waals surface area contributed by atoms with Crippen LogP contribution >= 0.6 is 0 Å². The van der Waals surface area contributed by atoms with Gasteiger partial charge in [-0.05, 0) is 55.2 Å². The van der Waals surface area contributed by atoms with E-state index in [2.05, 4.69) is 20.9 Å². The average Bonchev–Trinajstić information content (AvgIpc) is 3.50. The highest BCUT2D eigenvalue weighted by molar-refractivity contribution is 5.89. The lowest BCUT2D eigenvalue weighted by Crippen LogP contribution is -2.47. The Morgan fingerprint density at radius 3 is 2.69 bits per heavy atom. The largest absolute Gasteiger partial charge is 0.487 e. The molecule has 0 bridgehead atoms. The van der Waals surface area contributed by atoms with E-state index in [1.165, 1.54) is 0 Å². The zero-order chi connectivity index (χ0) is 24.2. The number of amides is 3. The third kappa shape index (κ3) is 5.57. The Morgan fingerprint density at radius 2 is 1.91 bits per heavy atom. The lowest BCUT2D eigenvalue weighted by atomic mass is 9.84. The molecule has 2 aromatic rings. The summed E-state index contributed by atoms with van der Waals surface area (Å²) in [6, 6.07) is 9.37. The first kappa shape index (κ1) is 23.6. The monoisotopic (exact) mass is 480 g/mol. The Morgan fingerprint density at radius 1 is 1.11 bits per heavy atom. The van der Waals surface area contributed by atoms with E-state index in [1.54, 1.807) is 12.4 Å². The number of fused-ring (bicyclic) bond motifs is 3. The maximum absolute atomic E-state index is 12.6. The van der Waals surface area contributed by atoms with Gasteiger partial charge in [-0.25, -0.2) is 4.79 Å². The SMILES string of the molecule is O=C(C[C@H]1C[C@H]2c3cc(NC(=O)NC4CCCC4)ccc3O[C@H]2[C@@H](CO)O1)NCc1ccncc1. The number of ether oxygens (including phenoxy) is 2. The fourth-order valence-corrected chi connectivity index (χ4v) is 5.37. The van der Waals surface area contributed by atoms with Crippen molar-refractivity contribution in [2.24, 2.45) is 0 Å². The van der Waals surface area contributed by atoms with Gasteiger partial charge >= 0.3 is 6.03 Å². The van der Waals surface area contributed by atoms with E-state index < -0.39 is 6.10 Å². The molecular formula is C26H32N4O5. The zero-order valence-corrected chi connectivity index (χ0v) is 19.6. The van der Waals surface area contributed by atoms with E-state index in [9.17, 15) is 14.7 Å². The van der Waals surface area contributed by atoms with E-state index >= 15 is 0 Å². The smallest absolute Gasteiger partial charge is 0.319 e. The summed E-state index contributed by atoms with van der Waals surface area (Å²) in [5, 5.41) is 18.9. The number of carbonyl (C=O) groups excluding carboxylic acids is 2.